The molecule has 0 saturated heterocycles. The lowest BCUT2D eigenvalue weighted by molar-refractivity contribution is -0.274. The summed E-state index contributed by atoms with van der Waals surface area (Å²) >= 11 is 0. The van der Waals surface area contributed by atoms with Gasteiger partial charge in [-0.3, -0.25) is 9.69 Å². The minimum atomic E-state index is -4.84. The third-order valence-corrected chi connectivity index (χ3v) is 2.89. The van der Waals surface area contributed by atoms with Gasteiger partial charge in [-0.2, -0.15) is 0 Å². The average molecular weight is 334 g/mol. The van der Waals surface area contributed by atoms with Crippen molar-refractivity contribution in [2.75, 3.05) is 0 Å². The molecule has 9 heteroatoms. The van der Waals surface area contributed by atoms with Crippen LogP contribution in [0, 0.1) is 0 Å². The lowest BCUT2D eigenvalue weighted by atomic mass is 9.98. The highest BCUT2D eigenvalue weighted by Gasteiger charge is 2.37. The second-order valence-electron chi connectivity index (χ2n) is 5.75. The van der Waals surface area contributed by atoms with Gasteiger partial charge in [0.05, 0.1) is 0 Å². The first-order valence-electron chi connectivity index (χ1n) is 6.50. The van der Waals surface area contributed by atoms with Crippen LogP contribution in [0.4, 0.5) is 18.0 Å². The molecule has 0 aromatic heterocycles. The van der Waals surface area contributed by atoms with E-state index < -0.39 is 35.7 Å². The largest absolute Gasteiger partial charge is 0.573 e. The molecule has 1 unspecified atom stereocenters. The van der Waals surface area contributed by atoms with Gasteiger partial charge in [0.2, 0.25) is 5.91 Å². The zero-order chi connectivity index (χ0) is 18.0. The number of carboxylic acid groups (broad SMARTS) is 1. The van der Waals surface area contributed by atoms with E-state index in [4.69, 9.17) is 5.73 Å². The first-order chi connectivity index (χ1) is 10.3. The summed E-state index contributed by atoms with van der Waals surface area (Å²) in [6.45, 7) is 4.70. The second-order valence-corrected chi connectivity index (χ2v) is 5.75. The molecule has 0 fully saturated rings. The molecule has 0 aliphatic carbocycles. The predicted octanol–water partition coefficient (Wildman–Crippen LogP) is 2.89. The summed E-state index contributed by atoms with van der Waals surface area (Å²) in [6.07, 6.45) is -6.22. The number of rotatable bonds is 4. The fourth-order valence-corrected chi connectivity index (χ4v) is 2.08. The molecule has 1 aromatic rings. The SMILES string of the molecule is CC(C)(C)N(C(=O)O)C(C(N)=O)c1ccc(OC(F)(F)F)cc1. The number of hydrogen-bond acceptors (Lipinski definition) is 3. The van der Waals surface area contributed by atoms with Crippen molar-refractivity contribution in [3.8, 4) is 5.75 Å². The molecule has 0 aliphatic rings. The monoisotopic (exact) mass is 334 g/mol. The number of carbonyl (C=O) groups is 2. The third kappa shape index (κ3) is 5.04. The zero-order valence-electron chi connectivity index (χ0n) is 12.7. The fraction of sp³-hybridized carbons (Fsp3) is 0.429. The molecule has 0 spiro atoms. The van der Waals surface area contributed by atoms with Crippen molar-refractivity contribution >= 4 is 12.0 Å². The Labute approximate surface area is 130 Å². The molecule has 1 rings (SSSR count). The van der Waals surface area contributed by atoms with Crippen LogP contribution in [0.15, 0.2) is 24.3 Å². The Morgan fingerprint density at radius 1 is 1.17 bits per heavy atom. The quantitative estimate of drug-likeness (QED) is 0.885. The van der Waals surface area contributed by atoms with Gasteiger partial charge in [0.25, 0.3) is 0 Å². The first kappa shape index (κ1) is 18.6. The summed E-state index contributed by atoms with van der Waals surface area (Å²) in [5, 5.41) is 9.34. The maximum Gasteiger partial charge on any atom is 0.573 e. The number of hydrogen-bond donors (Lipinski definition) is 2. The molecule has 1 atom stereocenters. The highest BCUT2D eigenvalue weighted by molar-refractivity contribution is 5.85. The van der Waals surface area contributed by atoms with Gasteiger partial charge in [-0.15, -0.1) is 13.2 Å². The topological polar surface area (TPSA) is 92.9 Å². The van der Waals surface area contributed by atoms with Gasteiger partial charge in [-0.1, -0.05) is 12.1 Å². The van der Waals surface area contributed by atoms with E-state index in [1.165, 1.54) is 0 Å². The maximum absolute atomic E-state index is 12.1. The Morgan fingerprint density at radius 3 is 1.96 bits per heavy atom. The molecule has 0 bridgehead atoms. The van der Waals surface area contributed by atoms with Crippen LogP contribution >= 0.6 is 0 Å². The summed E-state index contributed by atoms with van der Waals surface area (Å²) in [6, 6.07) is 2.96. The lowest BCUT2D eigenvalue weighted by Crippen LogP contribution is -2.51. The second kappa shape index (κ2) is 6.35. The zero-order valence-corrected chi connectivity index (χ0v) is 12.7. The van der Waals surface area contributed by atoms with Gasteiger partial charge < -0.3 is 15.6 Å². The normalized spacial score (nSPS) is 13.3. The summed E-state index contributed by atoms with van der Waals surface area (Å²) in [5.41, 5.74) is 4.48. The molecule has 0 heterocycles. The van der Waals surface area contributed by atoms with Crippen molar-refractivity contribution in [3.05, 3.63) is 29.8 Å². The first-order valence-corrected chi connectivity index (χ1v) is 6.50. The van der Waals surface area contributed by atoms with Crippen molar-refractivity contribution in [1.29, 1.82) is 0 Å². The van der Waals surface area contributed by atoms with Gasteiger partial charge in [0.1, 0.15) is 11.8 Å². The van der Waals surface area contributed by atoms with Crippen LogP contribution < -0.4 is 10.5 Å². The Morgan fingerprint density at radius 2 is 1.65 bits per heavy atom. The maximum atomic E-state index is 12.1. The van der Waals surface area contributed by atoms with E-state index in [1.54, 1.807) is 20.8 Å². The number of nitrogens with two attached hydrogens (primary N) is 1. The van der Waals surface area contributed by atoms with Crippen molar-refractivity contribution in [2.24, 2.45) is 5.73 Å². The molecule has 23 heavy (non-hydrogen) atoms. The Hall–Kier alpha value is -2.45. The lowest BCUT2D eigenvalue weighted by Gasteiger charge is -2.38. The smallest absolute Gasteiger partial charge is 0.465 e. The molecule has 0 saturated carbocycles. The Bertz CT molecular complexity index is 579. The number of primary amides is 1. The molecular weight excluding hydrogens is 317 g/mol. The third-order valence-electron chi connectivity index (χ3n) is 2.89. The highest BCUT2D eigenvalue weighted by Crippen LogP contribution is 2.30. The van der Waals surface area contributed by atoms with E-state index in [9.17, 15) is 27.9 Å². The van der Waals surface area contributed by atoms with Crippen molar-refractivity contribution in [1.82, 2.24) is 4.90 Å². The van der Waals surface area contributed by atoms with Crippen molar-refractivity contribution < 1.29 is 32.6 Å². The van der Waals surface area contributed by atoms with Gasteiger partial charge in [0.15, 0.2) is 0 Å². The number of halogens is 3. The van der Waals surface area contributed by atoms with Crippen LogP contribution in [0.25, 0.3) is 0 Å². The van der Waals surface area contributed by atoms with Crippen molar-refractivity contribution in [2.45, 2.75) is 38.7 Å². The summed E-state index contributed by atoms with van der Waals surface area (Å²) in [4.78, 5) is 24.0. The van der Waals surface area contributed by atoms with Crippen LogP contribution in [0.3, 0.4) is 0 Å². The van der Waals surface area contributed by atoms with E-state index in [0.717, 1.165) is 29.2 Å². The fourth-order valence-electron chi connectivity index (χ4n) is 2.08. The number of benzene rings is 1. The van der Waals surface area contributed by atoms with Crippen LogP contribution in [0.5, 0.6) is 5.75 Å². The molecule has 3 N–H and O–H groups in total. The van der Waals surface area contributed by atoms with Crippen LogP contribution in [0.1, 0.15) is 32.4 Å². The molecule has 2 amide bonds. The number of amides is 2. The predicted molar refractivity (Wildman–Crippen MR) is 74.7 cm³/mol. The van der Waals surface area contributed by atoms with Crippen LogP contribution in [-0.2, 0) is 4.79 Å². The van der Waals surface area contributed by atoms with E-state index >= 15 is 0 Å². The van der Waals surface area contributed by atoms with E-state index in [1.807, 2.05) is 0 Å². The minimum absolute atomic E-state index is 0.143. The molecule has 6 nitrogen and oxygen atoms in total. The summed E-state index contributed by atoms with van der Waals surface area (Å²) in [5.74, 6) is -1.42. The number of alkyl halides is 3. The molecular formula is C14H17F3N2O4. The minimum Gasteiger partial charge on any atom is -0.465 e. The van der Waals surface area contributed by atoms with E-state index in [2.05, 4.69) is 4.74 Å². The van der Waals surface area contributed by atoms with Crippen LogP contribution in [0.2, 0.25) is 0 Å². The number of nitrogens with zero attached hydrogens (tertiary/aromatic N) is 1. The number of carbonyl (C=O) groups excluding carboxylic acids is 1. The van der Waals surface area contributed by atoms with E-state index in [-0.39, 0.29) is 5.56 Å². The van der Waals surface area contributed by atoms with Gasteiger partial charge >= 0.3 is 12.5 Å². The average Bonchev–Trinajstić information content (AvgIpc) is 2.32. The van der Waals surface area contributed by atoms with E-state index in [0.29, 0.717) is 0 Å². The summed E-state index contributed by atoms with van der Waals surface area (Å²) in [7, 11) is 0. The Balaban J connectivity index is 3.21. The van der Waals surface area contributed by atoms with Gasteiger partial charge in [0, 0.05) is 5.54 Å². The molecule has 128 valence electrons. The Kier molecular flexibility index (Phi) is 5.13. The van der Waals surface area contributed by atoms with Crippen LogP contribution in [-0.4, -0.2) is 33.9 Å². The highest BCUT2D eigenvalue weighted by atomic mass is 19.4. The van der Waals surface area contributed by atoms with Gasteiger partial charge in [-0.25, -0.2) is 4.79 Å². The number of ether oxygens (including phenoxy) is 1. The molecule has 0 radical (unpaired) electrons. The molecule has 0 aliphatic heterocycles. The standard InChI is InChI=1S/C14H17F3N2O4/c1-13(2,3)19(12(21)22)10(11(18)20)8-4-6-9(7-5-8)23-14(15,16)17/h4-7,10H,1-3H3,(H2,18,20)(H,21,22). The summed E-state index contributed by atoms with van der Waals surface area (Å²) < 4.78 is 40.1. The van der Waals surface area contributed by atoms with Gasteiger partial charge in [-0.05, 0) is 38.5 Å². The van der Waals surface area contributed by atoms with Crippen molar-refractivity contribution in [3.63, 3.8) is 0 Å². The molecule has 1 aromatic carbocycles.